The SMILES string of the molecule is CCCN(CCC)c1nc(=O)n2c(C)c(C)cc(C)c2n1. The summed E-state index contributed by atoms with van der Waals surface area (Å²) in [5.74, 6) is 0.551. The lowest BCUT2D eigenvalue weighted by atomic mass is 10.1. The van der Waals surface area contributed by atoms with Gasteiger partial charge in [0.25, 0.3) is 0 Å². The van der Waals surface area contributed by atoms with E-state index in [-0.39, 0.29) is 5.69 Å². The molecule has 5 heteroatoms. The van der Waals surface area contributed by atoms with Crippen LogP contribution in [0.5, 0.6) is 0 Å². The van der Waals surface area contributed by atoms with Crippen LogP contribution in [0.25, 0.3) is 5.65 Å². The van der Waals surface area contributed by atoms with E-state index in [1.807, 2.05) is 20.8 Å². The Morgan fingerprint density at radius 3 is 2.24 bits per heavy atom. The number of anilines is 1. The van der Waals surface area contributed by atoms with Crippen molar-refractivity contribution < 1.29 is 0 Å². The zero-order valence-electron chi connectivity index (χ0n) is 13.6. The summed E-state index contributed by atoms with van der Waals surface area (Å²) in [7, 11) is 0. The topological polar surface area (TPSA) is 50.5 Å². The molecule has 0 saturated heterocycles. The van der Waals surface area contributed by atoms with Gasteiger partial charge >= 0.3 is 5.69 Å². The zero-order valence-corrected chi connectivity index (χ0v) is 13.6. The molecule has 0 fully saturated rings. The van der Waals surface area contributed by atoms with E-state index >= 15 is 0 Å². The minimum atomic E-state index is -0.239. The van der Waals surface area contributed by atoms with Crippen LogP contribution in [-0.2, 0) is 0 Å². The number of hydrogen-bond acceptors (Lipinski definition) is 4. The smallest absolute Gasteiger partial charge is 0.341 e. The predicted octanol–water partition coefficient (Wildman–Crippen LogP) is 2.64. The van der Waals surface area contributed by atoms with E-state index in [0.29, 0.717) is 11.6 Å². The van der Waals surface area contributed by atoms with E-state index in [0.717, 1.165) is 42.8 Å². The maximum absolute atomic E-state index is 12.4. The van der Waals surface area contributed by atoms with Gasteiger partial charge < -0.3 is 4.90 Å². The molecule has 0 aliphatic carbocycles. The highest BCUT2D eigenvalue weighted by molar-refractivity contribution is 5.52. The molecule has 0 N–H and O–H groups in total. The first-order chi connectivity index (χ1) is 9.99. The van der Waals surface area contributed by atoms with Crippen LogP contribution in [0.2, 0.25) is 0 Å². The summed E-state index contributed by atoms with van der Waals surface area (Å²) >= 11 is 0. The van der Waals surface area contributed by atoms with Gasteiger partial charge in [0.05, 0.1) is 0 Å². The Labute approximate surface area is 125 Å². The first-order valence-electron chi connectivity index (χ1n) is 7.62. The van der Waals surface area contributed by atoms with Crippen molar-refractivity contribution >= 4 is 11.6 Å². The molecule has 0 atom stereocenters. The van der Waals surface area contributed by atoms with Gasteiger partial charge in [0.2, 0.25) is 5.95 Å². The maximum Gasteiger partial charge on any atom is 0.356 e. The van der Waals surface area contributed by atoms with E-state index in [9.17, 15) is 4.79 Å². The number of aromatic nitrogens is 3. The molecule has 2 rings (SSSR count). The van der Waals surface area contributed by atoms with Crippen molar-refractivity contribution in [3.63, 3.8) is 0 Å². The monoisotopic (exact) mass is 288 g/mol. The van der Waals surface area contributed by atoms with Gasteiger partial charge in [-0.2, -0.15) is 9.97 Å². The Hall–Kier alpha value is -1.91. The molecule has 0 amide bonds. The van der Waals surface area contributed by atoms with Crippen molar-refractivity contribution in [3.8, 4) is 0 Å². The summed E-state index contributed by atoms with van der Waals surface area (Å²) in [4.78, 5) is 23.4. The third-order valence-corrected chi connectivity index (χ3v) is 3.77. The molecule has 0 aliphatic heterocycles. The summed E-state index contributed by atoms with van der Waals surface area (Å²) in [5.41, 5.74) is 3.47. The lowest BCUT2D eigenvalue weighted by Crippen LogP contribution is -2.31. The first kappa shape index (κ1) is 15.5. The number of fused-ring (bicyclic) bond motifs is 1. The van der Waals surface area contributed by atoms with Gasteiger partial charge in [-0.25, -0.2) is 9.20 Å². The largest absolute Gasteiger partial charge is 0.356 e. The summed E-state index contributed by atoms with van der Waals surface area (Å²) in [6, 6.07) is 2.07. The molecule has 0 saturated carbocycles. The normalized spacial score (nSPS) is 11.1. The van der Waals surface area contributed by atoms with E-state index < -0.39 is 0 Å². The van der Waals surface area contributed by atoms with E-state index in [1.54, 1.807) is 4.40 Å². The van der Waals surface area contributed by atoms with Crippen molar-refractivity contribution in [2.24, 2.45) is 0 Å². The fraction of sp³-hybridized carbons (Fsp3) is 0.562. The van der Waals surface area contributed by atoms with Crippen LogP contribution >= 0.6 is 0 Å². The Bertz CT molecular complexity index is 699. The van der Waals surface area contributed by atoms with E-state index in [4.69, 9.17) is 0 Å². The molecule has 5 nitrogen and oxygen atoms in total. The van der Waals surface area contributed by atoms with Crippen LogP contribution in [0.4, 0.5) is 5.95 Å². The fourth-order valence-corrected chi connectivity index (χ4v) is 2.63. The van der Waals surface area contributed by atoms with Gasteiger partial charge in [-0.1, -0.05) is 19.9 Å². The minimum Gasteiger partial charge on any atom is -0.341 e. The molecule has 0 radical (unpaired) electrons. The molecular formula is C16H24N4O. The summed E-state index contributed by atoms with van der Waals surface area (Å²) < 4.78 is 1.62. The predicted molar refractivity (Wildman–Crippen MR) is 86.3 cm³/mol. The van der Waals surface area contributed by atoms with Crippen LogP contribution in [0, 0.1) is 20.8 Å². The second-order valence-electron chi connectivity index (χ2n) is 5.55. The first-order valence-corrected chi connectivity index (χ1v) is 7.62. The van der Waals surface area contributed by atoms with Gasteiger partial charge in [0, 0.05) is 18.8 Å². The van der Waals surface area contributed by atoms with Gasteiger partial charge in [0.15, 0.2) is 0 Å². The van der Waals surface area contributed by atoms with Crippen molar-refractivity contribution in [2.75, 3.05) is 18.0 Å². The third kappa shape index (κ3) is 2.91. The van der Waals surface area contributed by atoms with Crippen molar-refractivity contribution in [2.45, 2.75) is 47.5 Å². The van der Waals surface area contributed by atoms with E-state index in [1.165, 1.54) is 0 Å². The van der Waals surface area contributed by atoms with Gasteiger partial charge in [-0.15, -0.1) is 0 Å². The summed E-state index contributed by atoms with van der Waals surface area (Å²) in [6.07, 6.45) is 2.02. The van der Waals surface area contributed by atoms with Crippen LogP contribution in [0.3, 0.4) is 0 Å². The quantitative estimate of drug-likeness (QED) is 0.848. The number of hydrogen-bond donors (Lipinski definition) is 0. The van der Waals surface area contributed by atoms with Gasteiger partial charge in [-0.05, 0) is 44.7 Å². The number of nitrogens with zero attached hydrogens (tertiary/aromatic N) is 4. The molecule has 2 heterocycles. The van der Waals surface area contributed by atoms with Gasteiger partial charge in [0.1, 0.15) is 5.65 Å². The standard InChI is InChI=1S/C16H24N4O/c1-6-8-19(9-7-2)15-17-14-12(4)10-11(3)13(5)20(14)16(21)18-15/h10H,6-9H2,1-5H3. The second-order valence-corrected chi connectivity index (χ2v) is 5.55. The second kappa shape index (κ2) is 6.24. The molecule has 0 bridgehead atoms. The minimum absolute atomic E-state index is 0.239. The molecule has 21 heavy (non-hydrogen) atoms. The van der Waals surface area contributed by atoms with Gasteiger partial charge in [-0.3, -0.25) is 0 Å². The summed E-state index contributed by atoms with van der Waals surface area (Å²) in [6.45, 7) is 11.9. The number of rotatable bonds is 5. The fourth-order valence-electron chi connectivity index (χ4n) is 2.63. The highest BCUT2D eigenvalue weighted by atomic mass is 16.1. The Kier molecular flexibility index (Phi) is 4.60. The number of pyridine rings is 1. The molecule has 0 aliphatic rings. The number of aryl methyl sites for hydroxylation is 3. The molecule has 0 aromatic carbocycles. The summed E-state index contributed by atoms with van der Waals surface area (Å²) in [5, 5.41) is 0. The molecule has 114 valence electrons. The van der Waals surface area contributed by atoms with Crippen molar-refractivity contribution in [1.29, 1.82) is 0 Å². The van der Waals surface area contributed by atoms with Crippen molar-refractivity contribution in [1.82, 2.24) is 14.4 Å². The highest BCUT2D eigenvalue weighted by Gasteiger charge is 2.14. The molecular weight excluding hydrogens is 264 g/mol. The lowest BCUT2D eigenvalue weighted by Gasteiger charge is -2.21. The molecule has 2 aromatic rings. The van der Waals surface area contributed by atoms with Crippen LogP contribution in [-0.4, -0.2) is 27.5 Å². The van der Waals surface area contributed by atoms with Crippen LogP contribution in [0.15, 0.2) is 10.9 Å². The molecule has 0 unspecified atom stereocenters. The zero-order chi connectivity index (χ0) is 15.6. The lowest BCUT2D eigenvalue weighted by molar-refractivity contribution is 0.712. The highest BCUT2D eigenvalue weighted by Crippen LogP contribution is 2.16. The van der Waals surface area contributed by atoms with Crippen LogP contribution in [0.1, 0.15) is 43.5 Å². The Balaban J connectivity index is 2.67. The third-order valence-electron chi connectivity index (χ3n) is 3.77. The molecule has 2 aromatic heterocycles. The Morgan fingerprint density at radius 1 is 1.05 bits per heavy atom. The molecule has 0 spiro atoms. The van der Waals surface area contributed by atoms with Crippen molar-refractivity contribution in [3.05, 3.63) is 33.4 Å². The van der Waals surface area contributed by atoms with E-state index in [2.05, 4.69) is 34.8 Å². The van der Waals surface area contributed by atoms with Crippen LogP contribution < -0.4 is 10.6 Å². The average molecular weight is 288 g/mol. The Morgan fingerprint density at radius 2 is 1.67 bits per heavy atom. The maximum atomic E-state index is 12.4. The average Bonchev–Trinajstić information content (AvgIpc) is 2.44.